The molecule has 2 N–H and O–H groups in total. The molecule has 0 aliphatic rings. The maximum absolute atomic E-state index is 12.1. The Labute approximate surface area is 113 Å². The van der Waals surface area contributed by atoms with Crippen LogP contribution < -0.4 is 10.0 Å². The van der Waals surface area contributed by atoms with Crippen molar-refractivity contribution in [1.82, 2.24) is 10.0 Å². The Kier molecular flexibility index (Phi) is 6.24. The minimum absolute atomic E-state index is 0.129. The van der Waals surface area contributed by atoms with Crippen molar-refractivity contribution >= 4 is 21.4 Å². The van der Waals surface area contributed by atoms with Crippen molar-refractivity contribution in [2.24, 2.45) is 0 Å². The first-order chi connectivity index (χ1) is 8.51. The van der Waals surface area contributed by atoms with Crippen molar-refractivity contribution in [2.45, 2.75) is 31.4 Å². The summed E-state index contributed by atoms with van der Waals surface area (Å²) in [5.41, 5.74) is 0. The van der Waals surface area contributed by atoms with Gasteiger partial charge >= 0.3 is 0 Å². The van der Waals surface area contributed by atoms with E-state index in [0.717, 1.165) is 4.88 Å². The second-order valence-electron chi connectivity index (χ2n) is 3.86. The molecular weight excluding hydrogens is 272 g/mol. The topological polar surface area (TPSA) is 67.4 Å². The molecule has 0 saturated heterocycles. The van der Waals surface area contributed by atoms with Crippen LogP contribution in [0.15, 0.2) is 16.3 Å². The van der Waals surface area contributed by atoms with Crippen LogP contribution in [0.1, 0.15) is 18.7 Å². The predicted molar refractivity (Wildman–Crippen MR) is 73.4 cm³/mol. The first-order valence-corrected chi connectivity index (χ1v) is 8.19. The summed E-state index contributed by atoms with van der Waals surface area (Å²) >= 11 is 1.43. The van der Waals surface area contributed by atoms with Gasteiger partial charge in [-0.3, -0.25) is 0 Å². The van der Waals surface area contributed by atoms with Crippen molar-refractivity contribution in [1.29, 1.82) is 0 Å². The number of hydrogen-bond donors (Lipinski definition) is 2. The van der Waals surface area contributed by atoms with Crippen LogP contribution in [-0.4, -0.2) is 34.7 Å². The standard InChI is InChI=1S/C11H20N2O3S2/c1-4-16-9(2)7-13-18(14,15)11-5-6-17-10(11)8-12-3/h5-6,9,12-13H,4,7-8H2,1-3H3. The zero-order valence-corrected chi connectivity index (χ0v) is 12.5. The summed E-state index contributed by atoms with van der Waals surface area (Å²) in [5, 5.41) is 4.75. The van der Waals surface area contributed by atoms with Gasteiger partial charge < -0.3 is 10.1 Å². The Bertz CT molecular complexity index is 457. The van der Waals surface area contributed by atoms with Crippen molar-refractivity contribution in [3.05, 3.63) is 16.3 Å². The molecule has 18 heavy (non-hydrogen) atoms. The molecule has 5 nitrogen and oxygen atoms in total. The Morgan fingerprint density at radius 3 is 2.83 bits per heavy atom. The van der Waals surface area contributed by atoms with Gasteiger partial charge in [0.05, 0.1) is 11.0 Å². The van der Waals surface area contributed by atoms with E-state index in [-0.39, 0.29) is 12.6 Å². The van der Waals surface area contributed by atoms with Crippen LogP contribution in [0.5, 0.6) is 0 Å². The van der Waals surface area contributed by atoms with Gasteiger partial charge in [0.1, 0.15) is 0 Å². The minimum atomic E-state index is -3.44. The van der Waals surface area contributed by atoms with E-state index in [2.05, 4.69) is 10.0 Å². The Morgan fingerprint density at radius 2 is 2.22 bits per heavy atom. The van der Waals surface area contributed by atoms with Crippen molar-refractivity contribution < 1.29 is 13.2 Å². The molecule has 0 fully saturated rings. The third kappa shape index (κ3) is 4.33. The molecule has 1 aromatic rings. The zero-order chi connectivity index (χ0) is 13.6. The maximum Gasteiger partial charge on any atom is 0.241 e. The van der Waals surface area contributed by atoms with Crippen LogP contribution >= 0.6 is 11.3 Å². The Balaban J connectivity index is 2.71. The van der Waals surface area contributed by atoms with E-state index in [1.54, 1.807) is 18.5 Å². The molecule has 7 heteroatoms. The number of thiophene rings is 1. The molecule has 104 valence electrons. The van der Waals surface area contributed by atoms with Crippen LogP contribution in [0.2, 0.25) is 0 Å². The summed E-state index contributed by atoms with van der Waals surface area (Å²) in [6.45, 7) is 5.13. The van der Waals surface area contributed by atoms with Crippen molar-refractivity contribution in [2.75, 3.05) is 20.2 Å². The highest BCUT2D eigenvalue weighted by atomic mass is 32.2. The highest BCUT2D eigenvalue weighted by molar-refractivity contribution is 7.89. The second kappa shape index (κ2) is 7.20. The fraction of sp³-hybridized carbons (Fsp3) is 0.636. The summed E-state index contributed by atoms with van der Waals surface area (Å²) in [7, 11) is -1.65. The van der Waals surface area contributed by atoms with E-state index in [9.17, 15) is 8.42 Å². The second-order valence-corrected chi connectivity index (χ2v) is 6.59. The van der Waals surface area contributed by atoms with Gasteiger partial charge in [-0.25, -0.2) is 13.1 Å². The molecule has 0 aliphatic carbocycles. The smallest absolute Gasteiger partial charge is 0.241 e. The highest BCUT2D eigenvalue weighted by Crippen LogP contribution is 2.21. The number of ether oxygens (including phenoxy) is 1. The Morgan fingerprint density at radius 1 is 1.50 bits per heavy atom. The molecule has 0 bridgehead atoms. The van der Waals surface area contributed by atoms with Gasteiger partial charge in [0.25, 0.3) is 0 Å². The lowest BCUT2D eigenvalue weighted by Gasteiger charge is -2.13. The summed E-state index contributed by atoms with van der Waals surface area (Å²) in [4.78, 5) is 1.17. The van der Waals surface area contributed by atoms with E-state index in [1.807, 2.05) is 13.8 Å². The molecule has 0 aromatic carbocycles. The number of sulfonamides is 1. The van der Waals surface area contributed by atoms with E-state index in [4.69, 9.17) is 4.74 Å². The normalized spacial score (nSPS) is 13.7. The maximum atomic E-state index is 12.1. The molecule has 1 rings (SSSR count). The number of nitrogens with one attached hydrogen (secondary N) is 2. The van der Waals surface area contributed by atoms with Crippen LogP contribution in [0.25, 0.3) is 0 Å². The quantitative estimate of drug-likeness (QED) is 0.755. The first kappa shape index (κ1) is 15.6. The molecule has 0 saturated carbocycles. The summed E-state index contributed by atoms with van der Waals surface area (Å²) < 4.78 is 32.1. The van der Waals surface area contributed by atoms with Crippen LogP contribution in [-0.2, 0) is 21.3 Å². The number of hydrogen-bond acceptors (Lipinski definition) is 5. The molecule has 1 unspecified atom stereocenters. The molecule has 1 aromatic heterocycles. The minimum Gasteiger partial charge on any atom is -0.377 e. The van der Waals surface area contributed by atoms with Crippen molar-refractivity contribution in [3.8, 4) is 0 Å². The fourth-order valence-corrected chi connectivity index (χ4v) is 4.07. The molecule has 0 amide bonds. The summed E-state index contributed by atoms with van der Waals surface area (Å²) in [6.07, 6.45) is -0.129. The van der Waals surface area contributed by atoms with Gasteiger partial charge in [-0.05, 0) is 32.3 Å². The van der Waals surface area contributed by atoms with Gasteiger partial charge in [-0.2, -0.15) is 0 Å². The molecular formula is C11H20N2O3S2. The van der Waals surface area contributed by atoms with Gasteiger partial charge in [0.2, 0.25) is 10.0 Å². The SMILES string of the molecule is CCOC(C)CNS(=O)(=O)c1ccsc1CNC. The summed E-state index contributed by atoms with van der Waals surface area (Å²) in [5.74, 6) is 0. The van der Waals surface area contributed by atoms with Gasteiger partial charge in [0.15, 0.2) is 0 Å². The van der Waals surface area contributed by atoms with E-state index in [1.165, 1.54) is 11.3 Å². The predicted octanol–water partition coefficient (Wildman–Crippen LogP) is 1.17. The van der Waals surface area contributed by atoms with Crippen LogP contribution in [0.3, 0.4) is 0 Å². The third-order valence-electron chi connectivity index (χ3n) is 2.34. The average molecular weight is 292 g/mol. The van der Waals surface area contributed by atoms with Gasteiger partial charge in [-0.15, -0.1) is 11.3 Å². The van der Waals surface area contributed by atoms with Crippen molar-refractivity contribution in [3.63, 3.8) is 0 Å². The molecule has 1 heterocycles. The summed E-state index contributed by atoms with van der Waals surface area (Å²) in [6, 6.07) is 1.63. The van der Waals surface area contributed by atoms with E-state index >= 15 is 0 Å². The largest absolute Gasteiger partial charge is 0.377 e. The first-order valence-electron chi connectivity index (χ1n) is 5.83. The number of rotatable bonds is 8. The van der Waals surface area contributed by atoms with Crippen LogP contribution in [0, 0.1) is 0 Å². The van der Waals surface area contributed by atoms with Gasteiger partial charge in [-0.1, -0.05) is 0 Å². The molecule has 0 spiro atoms. The average Bonchev–Trinajstić information content (AvgIpc) is 2.77. The highest BCUT2D eigenvalue weighted by Gasteiger charge is 2.19. The lowest BCUT2D eigenvalue weighted by atomic mass is 10.4. The molecule has 0 aliphatic heterocycles. The lowest BCUT2D eigenvalue weighted by molar-refractivity contribution is 0.0799. The molecule has 0 radical (unpaired) electrons. The lowest BCUT2D eigenvalue weighted by Crippen LogP contribution is -2.32. The molecule has 1 atom stereocenters. The van der Waals surface area contributed by atoms with Gasteiger partial charge in [0, 0.05) is 24.6 Å². The Hall–Kier alpha value is -0.470. The van der Waals surface area contributed by atoms with E-state index in [0.29, 0.717) is 18.0 Å². The third-order valence-corrected chi connectivity index (χ3v) is 4.90. The fourth-order valence-electron chi connectivity index (χ4n) is 1.51. The zero-order valence-electron chi connectivity index (χ0n) is 10.9. The monoisotopic (exact) mass is 292 g/mol. The van der Waals surface area contributed by atoms with Crippen LogP contribution in [0.4, 0.5) is 0 Å². The van der Waals surface area contributed by atoms with E-state index < -0.39 is 10.0 Å².